The number of aryl methyl sites for hydroxylation is 1. The van der Waals surface area contributed by atoms with E-state index in [4.69, 9.17) is 0 Å². The van der Waals surface area contributed by atoms with Crippen molar-refractivity contribution in [3.8, 4) is 0 Å². The molecule has 0 aliphatic rings. The van der Waals surface area contributed by atoms with Crippen molar-refractivity contribution in [3.05, 3.63) is 34.3 Å². The van der Waals surface area contributed by atoms with Crippen LogP contribution in [0, 0.1) is 0 Å². The van der Waals surface area contributed by atoms with Gasteiger partial charge < -0.3 is 4.74 Å². The Morgan fingerprint density at radius 2 is 2.15 bits per heavy atom. The third kappa shape index (κ3) is 3.19. The van der Waals surface area contributed by atoms with Crippen molar-refractivity contribution in [2.75, 3.05) is 7.11 Å². The summed E-state index contributed by atoms with van der Waals surface area (Å²) in [7, 11) is 1.41. The molecule has 0 saturated carbocycles. The van der Waals surface area contributed by atoms with Crippen LogP contribution in [0.2, 0.25) is 0 Å². The van der Waals surface area contributed by atoms with Crippen LogP contribution in [-0.2, 0) is 16.0 Å². The molecule has 0 radical (unpaired) electrons. The van der Waals surface area contributed by atoms with Gasteiger partial charge in [0.05, 0.1) is 7.11 Å². The quantitative estimate of drug-likeness (QED) is 0.762. The SMILES string of the molecule is COC(=O)CCc1ccccc1Br. The topological polar surface area (TPSA) is 26.3 Å². The standard InChI is InChI=1S/C10H11BrO2/c1-13-10(12)7-6-8-4-2-3-5-9(8)11/h2-5H,6-7H2,1H3. The summed E-state index contributed by atoms with van der Waals surface area (Å²) in [5.41, 5.74) is 1.13. The number of rotatable bonds is 3. The van der Waals surface area contributed by atoms with Gasteiger partial charge in [-0.05, 0) is 18.1 Å². The molecular formula is C10H11BrO2. The van der Waals surface area contributed by atoms with Gasteiger partial charge in [-0.25, -0.2) is 0 Å². The van der Waals surface area contributed by atoms with Crippen LogP contribution in [0.3, 0.4) is 0 Å². The minimum atomic E-state index is -0.171. The van der Waals surface area contributed by atoms with E-state index in [1.54, 1.807) is 0 Å². The number of hydrogen-bond acceptors (Lipinski definition) is 2. The first-order chi connectivity index (χ1) is 6.24. The van der Waals surface area contributed by atoms with Crippen molar-refractivity contribution < 1.29 is 9.53 Å². The van der Waals surface area contributed by atoms with Gasteiger partial charge in [0, 0.05) is 10.9 Å². The summed E-state index contributed by atoms with van der Waals surface area (Å²) < 4.78 is 5.60. The number of hydrogen-bond donors (Lipinski definition) is 0. The van der Waals surface area contributed by atoms with E-state index in [2.05, 4.69) is 20.7 Å². The molecule has 0 amide bonds. The molecule has 0 spiro atoms. The van der Waals surface area contributed by atoms with E-state index in [-0.39, 0.29) is 5.97 Å². The van der Waals surface area contributed by atoms with Crippen LogP contribution in [0.5, 0.6) is 0 Å². The largest absolute Gasteiger partial charge is 0.469 e. The molecule has 0 N–H and O–H groups in total. The minimum absolute atomic E-state index is 0.171. The average molecular weight is 243 g/mol. The molecule has 70 valence electrons. The summed E-state index contributed by atoms with van der Waals surface area (Å²) >= 11 is 3.42. The summed E-state index contributed by atoms with van der Waals surface area (Å²) in [6.45, 7) is 0. The molecule has 1 aromatic rings. The molecule has 3 heteroatoms. The van der Waals surface area contributed by atoms with E-state index < -0.39 is 0 Å². The molecule has 2 nitrogen and oxygen atoms in total. The normalized spacial score (nSPS) is 9.69. The van der Waals surface area contributed by atoms with Crippen molar-refractivity contribution in [1.29, 1.82) is 0 Å². The maximum absolute atomic E-state index is 10.9. The number of halogens is 1. The molecule has 0 unspecified atom stereocenters. The average Bonchev–Trinajstić information content (AvgIpc) is 2.16. The van der Waals surface area contributed by atoms with Gasteiger partial charge in [0.15, 0.2) is 0 Å². The lowest BCUT2D eigenvalue weighted by Crippen LogP contribution is -2.02. The van der Waals surface area contributed by atoms with Gasteiger partial charge in [0.2, 0.25) is 0 Å². The number of carbonyl (C=O) groups excluding carboxylic acids is 1. The summed E-state index contributed by atoms with van der Waals surface area (Å²) in [5.74, 6) is -0.171. The maximum Gasteiger partial charge on any atom is 0.305 e. The number of carbonyl (C=O) groups is 1. The van der Waals surface area contributed by atoms with Crippen LogP contribution in [0.25, 0.3) is 0 Å². The van der Waals surface area contributed by atoms with Crippen LogP contribution in [0.4, 0.5) is 0 Å². The van der Waals surface area contributed by atoms with Crippen LogP contribution < -0.4 is 0 Å². The predicted molar refractivity (Wildman–Crippen MR) is 54.5 cm³/mol. The molecule has 0 fully saturated rings. The monoisotopic (exact) mass is 242 g/mol. The Labute approximate surface area is 86.0 Å². The first-order valence-electron chi connectivity index (χ1n) is 4.04. The van der Waals surface area contributed by atoms with Gasteiger partial charge in [-0.15, -0.1) is 0 Å². The molecule has 1 aromatic carbocycles. The lowest BCUT2D eigenvalue weighted by atomic mass is 10.1. The smallest absolute Gasteiger partial charge is 0.305 e. The van der Waals surface area contributed by atoms with Crippen molar-refractivity contribution in [2.24, 2.45) is 0 Å². The predicted octanol–water partition coefficient (Wildman–Crippen LogP) is 2.55. The van der Waals surface area contributed by atoms with Crippen molar-refractivity contribution >= 4 is 21.9 Å². The number of esters is 1. The third-order valence-corrected chi connectivity index (χ3v) is 2.56. The van der Waals surface area contributed by atoms with E-state index in [1.807, 2.05) is 24.3 Å². The molecular weight excluding hydrogens is 232 g/mol. The molecule has 0 aliphatic carbocycles. The van der Waals surface area contributed by atoms with Crippen LogP contribution in [0.15, 0.2) is 28.7 Å². The van der Waals surface area contributed by atoms with E-state index >= 15 is 0 Å². The van der Waals surface area contributed by atoms with Gasteiger partial charge >= 0.3 is 5.97 Å². The Kier molecular flexibility index (Phi) is 3.96. The zero-order chi connectivity index (χ0) is 9.68. The number of ether oxygens (including phenoxy) is 1. The fraction of sp³-hybridized carbons (Fsp3) is 0.300. The van der Waals surface area contributed by atoms with E-state index in [1.165, 1.54) is 7.11 Å². The number of methoxy groups -OCH3 is 1. The van der Waals surface area contributed by atoms with E-state index in [0.29, 0.717) is 12.8 Å². The van der Waals surface area contributed by atoms with Crippen molar-refractivity contribution in [1.82, 2.24) is 0 Å². The highest BCUT2D eigenvalue weighted by atomic mass is 79.9. The van der Waals surface area contributed by atoms with Crippen LogP contribution >= 0.6 is 15.9 Å². The molecule has 1 rings (SSSR count). The highest BCUT2D eigenvalue weighted by Gasteiger charge is 2.03. The van der Waals surface area contributed by atoms with Gasteiger partial charge in [0.1, 0.15) is 0 Å². The molecule has 0 aliphatic heterocycles. The van der Waals surface area contributed by atoms with E-state index in [0.717, 1.165) is 10.0 Å². The van der Waals surface area contributed by atoms with Gasteiger partial charge in [0.25, 0.3) is 0 Å². The molecule has 0 heterocycles. The van der Waals surface area contributed by atoms with Gasteiger partial charge in [-0.2, -0.15) is 0 Å². The summed E-state index contributed by atoms with van der Waals surface area (Å²) in [6, 6.07) is 7.86. The van der Waals surface area contributed by atoms with Crippen molar-refractivity contribution in [3.63, 3.8) is 0 Å². The zero-order valence-corrected chi connectivity index (χ0v) is 9.00. The summed E-state index contributed by atoms with van der Waals surface area (Å²) in [4.78, 5) is 10.9. The fourth-order valence-electron chi connectivity index (χ4n) is 1.04. The Balaban J connectivity index is 2.54. The highest BCUT2D eigenvalue weighted by Crippen LogP contribution is 2.17. The summed E-state index contributed by atoms with van der Waals surface area (Å²) in [5, 5.41) is 0. The number of benzene rings is 1. The van der Waals surface area contributed by atoms with Gasteiger partial charge in [-0.3, -0.25) is 4.79 Å². The Morgan fingerprint density at radius 3 is 2.77 bits per heavy atom. The second-order valence-corrected chi connectivity index (χ2v) is 3.52. The highest BCUT2D eigenvalue weighted by molar-refractivity contribution is 9.10. The zero-order valence-electron chi connectivity index (χ0n) is 7.42. The molecule has 0 atom stereocenters. The molecule has 0 aromatic heterocycles. The first kappa shape index (κ1) is 10.3. The summed E-state index contributed by atoms with van der Waals surface area (Å²) in [6.07, 6.45) is 1.15. The molecule has 13 heavy (non-hydrogen) atoms. The third-order valence-electron chi connectivity index (χ3n) is 1.78. The van der Waals surface area contributed by atoms with Crippen LogP contribution in [0.1, 0.15) is 12.0 Å². The lowest BCUT2D eigenvalue weighted by molar-refractivity contribution is -0.140. The lowest BCUT2D eigenvalue weighted by Gasteiger charge is -2.02. The molecule has 0 saturated heterocycles. The van der Waals surface area contributed by atoms with E-state index in [9.17, 15) is 4.79 Å². The molecule has 0 bridgehead atoms. The first-order valence-corrected chi connectivity index (χ1v) is 4.83. The Hall–Kier alpha value is -0.830. The van der Waals surface area contributed by atoms with Crippen molar-refractivity contribution in [2.45, 2.75) is 12.8 Å². The van der Waals surface area contributed by atoms with Crippen LogP contribution in [-0.4, -0.2) is 13.1 Å². The minimum Gasteiger partial charge on any atom is -0.469 e. The second-order valence-electron chi connectivity index (χ2n) is 2.67. The maximum atomic E-state index is 10.9. The van der Waals surface area contributed by atoms with Gasteiger partial charge in [-0.1, -0.05) is 34.1 Å². The fourth-order valence-corrected chi connectivity index (χ4v) is 1.52. The Morgan fingerprint density at radius 1 is 1.46 bits per heavy atom. The second kappa shape index (κ2) is 5.02. The Bertz CT molecular complexity index is 297.